The molecule has 0 saturated heterocycles. The van der Waals surface area contributed by atoms with E-state index < -0.39 is 21.8 Å². The van der Waals surface area contributed by atoms with E-state index in [4.69, 9.17) is 5.73 Å². The van der Waals surface area contributed by atoms with Crippen molar-refractivity contribution in [1.29, 1.82) is 0 Å². The van der Waals surface area contributed by atoms with Crippen molar-refractivity contribution in [3.63, 3.8) is 0 Å². The fourth-order valence-electron chi connectivity index (χ4n) is 3.89. The van der Waals surface area contributed by atoms with E-state index in [1.54, 1.807) is 18.2 Å². The first-order valence-corrected chi connectivity index (χ1v) is 13.1. The molecule has 0 radical (unpaired) electrons. The highest BCUT2D eigenvalue weighted by molar-refractivity contribution is 7.92. The Kier molecular flexibility index (Phi) is 6.74. The van der Waals surface area contributed by atoms with E-state index in [-0.39, 0.29) is 4.90 Å². The van der Waals surface area contributed by atoms with E-state index in [2.05, 4.69) is 28.8 Å². The topological polar surface area (TPSA) is 122 Å². The van der Waals surface area contributed by atoms with E-state index in [0.29, 0.717) is 40.8 Å². The molecule has 34 heavy (non-hydrogen) atoms. The molecule has 10 heteroatoms. The van der Waals surface area contributed by atoms with Crippen LogP contribution in [0.4, 0.5) is 10.7 Å². The molecule has 0 spiro atoms. The molecule has 2 amide bonds. The fourth-order valence-corrected chi connectivity index (χ4v) is 6.24. The number of amides is 2. The second-order valence-electron chi connectivity index (χ2n) is 8.34. The molecule has 0 atom stereocenters. The molecule has 1 aromatic heterocycles. The van der Waals surface area contributed by atoms with Crippen LogP contribution >= 0.6 is 11.3 Å². The molecule has 4 N–H and O–H groups in total. The summed E-state index contributed by atoms with van der Waals surface area (Å²) in [6.45, 7) is 5.79. The predicted octanol–water partition coefficient (Wildman–Crippen LogP) is 3.67. The highest BCUT2D eigenvalue weighted by atomic mass is 32.2. The Morgan fingerprint density at radius 1 is 1.06 bits per heavy atom. The zero-order valence-corrected chi connectivity index (χ0v) is 20.5. The zero-order valence-electron chi connectivity index (χ0n) is 18.9. The zero-order chi connectivity index (χ0) is 24.5. The minimum atomic E-state index is -3.73. The highest BCUT2D eigenvalue weighted by Crippen LogP contribution is 2.37. The van der Waals surface area contributed by atoms with E-state index in [9.17, 15) is 18.0 Å². The van der Waals surface area contributed by atoms with Crippen LogP contribution < -0.4 is 15.8 Å². The maximum atomic E-state index is 12.9. The molecule has 8 nitrogen and oxygen atoms in total. The van der Waals surface area contributed by atoms with Gasteiger partial charge in [0.1, 0.15) is 5.00 Å². The summed E-state index contributed by atoms with van der Waals surface area (Å²) in [5.74, 6) is -0.962. The third-order valence-electron chi connectivity index (χ3n) is 5.74. The lowest BCUT2D eigenvalue weighted by molar-refractivity contribution is 0.0999. The third-order valence-corrected chi connectivity index (χ3v) is 8.27. The quantitative estimate of drug-likeness (QED) is 0.459. The van der Waals surface area contributed by atoms with Crippen molar-refractivity contribution in [1.82, 2.24) is 4.90 Å². The average Bonchev–Trinajstić information content (AvgIpc) is 3.17. The van der Waals surface area contributed by atoms with Crippen molar-refractivity contribution < 1.29 is 18.0 Å². The molecule has 2 heterocycles. The number of carbonyl (C=O) groups is 2. The maximum absolute atomic E-state index is 12.9. The Labute approximate surface area is 202 Å². The van der Waals surface area contributed by atoms with Crippen LogP contribution in [-0.2, 0) is 23.0 Å². The lowest BCUT2D eigenvalue weighted by atomic mass is 10.0. The van der Waals surface area contributed by atoms with Gasteiger partial charge in [-0.2, -0.15) is 0 Å². The lowest BCUT2D eigenvalue weighted by Gasteiger charge is -2.30. The van der Waals surface area contributed by atoms with Crippen LogP contribution in [0.15, 0.2) is 59.5 Å². The minimum absolute atomic E-state index is 0.147. The van der Waals surface area contributed by atoms with Gasteiger partial charge in [0.25, 0.3) is 21.8 Å². The molecule has 0 unspecified atom stereocenters. The van der Waals surface area contributed by atoms with Gasteiger partial charge in [0.05, 0.1) is 10.5 Å². The molecule has 2 aromatic carbocycles. The van der Waals surface area contributed by atoms with Crippen molar-refractivity contribution in [2.75, 3.05) is 16.6 Å². The summed E-state index contributed by atoms with van der Waals surface area (Å²) in [5.41, 5.74) is 7.61. The van der Waals surface area contributed by atoms with Crippen molar-refractivity contribution >= 4 is 43.9 Å². The van der Waals surface area contributed by atoms with E-state index >= 15 is 0 Å². The molecular formula is C24H26N4O4S2. The van der Waals surface area contributed by atoms with Crippen LogP contribution in [0, 0.1) is 0 Å². The number of nitrogens with two attached hydrogens (primary N) is 1. The first-order chi connectivity index (χ1) is 16.2. The number of nitrogens with zero attached hydrogens (tertiary/aromatic N) is 1. The van der Waals surface area contributed by atoms with E-state index in [1.807, 2.05) is 0 Å². The number of benzene rings is 2. The van der Waals surface area contributed by atoms with Gasteiger partial charge in [-0.3, -0.25) is 19.2 Å². The monoisotopic (exact) mass is 498 g/mol. The second-order valence-corrected chi connectivity index (χ2v) is 11.1. The third kappa shape index (κ3) is 4.98. The number of carbonyl (C=O) groups excluding carboxylic acids is 2. The largest absolute Gasteiger partial charge is 0.365 e. The maximum Gasteiger partial charge on any atom is 0.261 e. The van der Waals surface area contributed by atoms with Crippen LogP contribution in [0.3, 0.4) is 0 Å². The summed E-state index contributed by atoms with van der Waals surface area (Å²) >= 11 is 1.38. The van der Waals surface area contributed by atoms with E-state index in [1.165, 1.54) is 47.7 Å². The number of fused-ring (bicyclic) bond motifs is 1. The Hall–Kier alpha value is -3.21. The first kappa shape index (κ1) is 23.9. The fraction of sp³-hybridized carbons (Fsp3) is 0.250. The van der Waals surface area contributed by atoms with Gasteiger partial charge >= 0.3 is 0 Å². The molecular weight excluding hydrogens is 472 g/mol. The summed E-state index contributed by atoms with van der Waals surface area (Å²) in [5, 5.41) is 3.27. The number of rotatable bonds is 7. The van der Waals surface area contributed by atoms with Gasteiger partial charge in [0.2, 0.25) is 0 Å². The van der Waals surface area contributed by atoms with Gasteiger partial charge in [0, 0.05) is 35.3 Å². The average molecular weight is 499 g/mol. The minimum Gasteiger partial charge on any atom is -0.365 e. The predicted molar refractivity (Wildman–Crippen MR) is 134 cm³/mol. The molecule has 0 bridgehead atoms. The highest BCUT2D eigenvalue weighted by Gasteiger charge is 2.28. The number of anilines is 2. The Bertz CT molecular complexity index is 1320. The van der Waals surface area contributed by atoms with Gasteiger partial charge in [-0.15, -0.1) is 11.3 Å². The van der Waals surface area contributed by atoms with Gasteiger partial charge < -0.3 is 11.1 Å². The molecule has 0 fully saturated rings. The molecule has 0 aliphatic carbocycles. The number of sulfonamides is 1. The molecule has 1 aliphatic heterocycles. The molecule has 0 saturated carbocycles. The Balaban J connectivity index is 1.51. The van der Waals surface area contributed by atoms with Crippen LogP contribution in [0.2, 0.25) is 0 Å². The van der Waals surface area contributed by atoms with Crippen molar-refractivity contribution in [3.05, 3.63) is 76.2 Å². The van der Waals surface area contributed by atoms with Crippen LogP contribution in [0.5, 0.6) is 0 Å². The summed E-state index contributed by atoms with van der Waals surface area (Å²) in [7, 11) is -3.73. The van der Waals surface area contributed by atoms with Crippen LogP contribution in [0.25, 0.3) is 0 Å². The lowest BCUT2D eigenvalue weighted by Crippen LogP contribution is -2.35. The van der Waals surface area contributed by atoms with Gasteiger partial charge in [-0.1, -0.05) is 18.2 Å². The van der Waals surface area contributed by atoms with Crippen LogP contribution in [0.1, 0.15) is 45.0 Å². The standard InChI is InChI=1S/C24H26N4O4S2/c1-15(2)28-13-12-19-20(14-28)33-24(21(19)22(25)29)26-23(30)16-8-10-17(11-9-16)27-34(31,32)18-6-4-3-5-7-18/h3-11,15,27H,12-14H2,1-2H3,(H2,25,29)(H,26,30). The van der Waals surface area contributed by atoms with Crippen LogP contribution in [-0.4, -0.2) is 37.7 Å². The Morgan fingerprint density at radius 2 is 1.74 bits per heavy atom. The van der Waals surface area contributed by atoms with Gasteiger partial charge in [-0.05, 0) is 62.2 Å². The SMILES string of the molecule is CC(C)N1CCc2c(sc(NC(=O)c3ccc(NS(=O)(=O)c4ccccc4)cc3)c2C(N)=O)C1. The van der Waals surface area contributed by atoms with Crippen molar-refractivity contribution in [3.8, 4) is 0 Å². The number of nitrogens with one attached hydrogen (secondary N) is 2. The normalized spacial score (nSPS) is 14.0. The summed E-state index contributed by atoms with van der Waals surface area (Å²) in [6.07, 6.45) is 0.703. The summed E-state index contributed by atoms with van der Waals surface area (Å²) < 4.78 is 27.5. The number of hydrogen-bond donors (Lipinski definition) is 3. The van der Waals surface area contributed by atoms with Gasteiger partial charge in [0.15, 0.2) is 0 Å². The van der Waals surface area contributed by atoms with Crippen molar-refractivity contribution in [2.45, 2.75) is 37.8 Å². The Morgan fingerprint density at radius 3 is 2.35 bits per heavy atom. The number of primary amides is 1. The number of thiophene rings is 1. The second kappa shape index (κ2) is 9.57. The first-order valence-electron chi connectivity index (χ1n) is 10.8. The summed E-state index contributed by atoms with van der Waals surface area (Å²) in [6, 6.07) is 14.5. The number of hydrogen-bond acceptors (Lipinski definition) is 6. The molecule has 1 aliphatic rings. The van der Waals surface area contributed by atoms with E-state index in [0.717, 1.165) is 17.0 Å². The molecule has 178 valence electrons. The van der Waals surface area contributed by atoms with Crippen molar-refractivity contribution in [2.24, 2.45) is 5.73 Å². The smallest absolute Gasteiger partial charge is 0.261 e. The summed E-state index contributed by atoms with van der Waals surface area (Å²) in [4.78, 5) is 28.6. The van der Waals surface area contributed by atoms with Gasteiger partial charge in [-0.25, -0.2) is 8.42 Å². The molecule has 3 aromatic rings. The molecule has 4 rings (SSSR count).